The van der Waals surface area contributed by atoms with Gasteiger partial charge in [-0.2, -0.15) is 0 Å². The summed E-state index contributed by atoms with van der Waals surface area (Å²) in [5.74, 6) is -1.39. The summed E-state index contributed by atoms with van der Waals surface area (Å²) < 4.78 is 22.8. The fourth-order valence-electron chi connectivity index (χ4n) is 2.69. The van der Waals surface area contributed by atoms with Crippen LogP contribution in [-0.2, 0) is 14.6 Å². The van der Waals surface area contributed by atoms with Crippen molar-refractivity contribution in [1.29, 1.82) is 0 Å². The van der Waals surface area contributed by atoms with Crippen LogP contribution >= 0.6 is 0 Å². The molecule has 0 unspecified atom stereocenters. The van der Waals surface area contributed by atoms with Crippen molar-refractivity contribution >= 4 is 15.8 Å². The average Bonchev–Trinajstić information content (AvgIpc) is 2.28. The number of hydrogen-bond acceptors (Lipinski definition) is 4. The van der Waals surface area contributed by atoms with Gasteiger partial charge in [-0.15, -0.1) is 0 Å². The summed E-state index contributed by atoms with van der Waals surface area (Å²) >= 11 is 0. The van der Waals surface area contributed by atoms with Gasteiger partial charge in [-0.05, 0) is 25.7 Å². The minimum atomic E-state index is -3.14. The van der Waals surface area contributed by atoms with E-state index in [-0.39, 0.29) is 24.3 Å². The predicted octanol–water partition coefficient (Wildman–Crippen LogP) is 0.817. The molecule has 0 spiro atoms. The van der Waals surface area contributed by atoms with Crippen molar-refractivity contribution in [3.05, 3.63) is 0 Å². The van der Waals surface area contributed by atoms with Crippen molar-refractivity contribution in [1.82, 2.24) is 0 Å². The van der Waals surface area contributed by atoms with Crippen LogP contribution in [0.15, 0.2) is 0 Å². The lowest BCUT2D eigenvalue weighted by Crippen LogP contribution is -2.56. The largest absolute Gasteiger partial charge is 0.481 e. The Kier molecular flexibility index (Phi) is 3.88. The van der Waals surface area contributed by atoms with Gasteiger partial charge < -0.3 is 10.2 Å². The van der Waals surface area contributed by atoms with Crippen LogP contribution in [0.25, 0.3) is 0 Å². The zero-order valence-electron chi connectivity index (χ0n) is 10.3. The number of carboxylic acid groups (broad SMARTS) is 1. The van der Waals surface area contributed by atoms with Crippen LogP contribution in [0.3, 0.4) is 0 Å². The second-order valence-corrected chi connectivity index (χ2v) is 7.08. The first kappa shape index (κ1) is 14.4. The zero-order valence-corrected chi connectivity index (χ0v) is 11.1. The molecule has 1 aliphatic rings. The van der Waals surface area contributed by atoms with Gasteiger partial charge in [0.25, 0.3) is 0 Å². The van der Waals surface area contributed by atoms with Crippen LogP contribution in [0.4, 0.5) is 0 Å². The Balaban J connectivity index is 3.13. The van der Waals surface area contributed by atoms with E-state index in [1.807, 2.05) is 0 Å². The molecule has 5 nitrogen and oxygen atoms in total. The topological polar surface area (TPSA) is 91.7 Å². The quantitative estimate of drug-likeness (QED) is 0.784. The summed E-state index contributed by atoms with van der Waals surface area (Å²) in [5.41, 5.74) is -2.64. The fourth-order valence-corrected chi connectivity index (χ4v) is 4.21. The number of aliphatic carboxylic acids is 1. The fraction of sp³-hybridized carbons (Fsp3) is 0.909. The monoisotopic (exact) mass is 264 g/mol. The van der Waals surface area contributed by atoms with E-state index in [1.165, 1.54) is 0 Å². The molecule has 0 amide bonds. The number of carboxylic acids is 1. The van der Waals surface area contributed by atoms with Gasteiger partial charge >= 0.3 is 5.97 Å². The van der Waals surface area contributed by atoms with E-state index in [0.29, 0.717) is 12.8 Å². The third-order valence-corrected chi connectivity index (χ3v) is 5.80. The molecule has 1 rings (SSSR count). The van der Waals surface area contributed by atoms with E-state index < -0.39 is 26.8 Å². The van der Waals surface area contributed by atoms with Crippen molar-refractivity contribution in [3.8, 4) is 0 Å². The van der Waals surface area contributed by atoms with Gasteiger partial charge in [0.1, 0.15) is 9.84 Å². The Morgan fingerprint density at radius 2 is 1.65 bits per heavy atom. The molecule has 0 aromatic heterocycles. The van der Waals surface area contributed by atoms with Crippen molar-refractivity contribution in [2.45, 2.75) is 45.1 Å². The molecule has 6 heteroatoms. The van der Waals surface area contributed by atoms with Gasteiger partial charge in [-0.3, -0.25) is 4.79 Å². The van der Waals surface area contributed by atoms with Crippen LogP contribution in [0.1, 0.15) is 39.5 Å². The molecule has 1 saturated heterocycles. The Hall–Kier alpha value is -0.620. The standard InChI is InChI=1S/C11H20O5S/c1-3-11(14,4-2)10(9(12)13)5-7-17(15,16)8-6-10/h14H,3-8H2,1-2H3,(H,12,13). The highest BCUT2D eigenvalue weighted by molar-refractivity contribution is 7.91. The Labute approximate surface area is 102 Å². The molecule has 0 radical (unpaired) electrons. The summed E-state index contributed by atoms with van der Waals surface area (Å²) in [6.45, 7) is 3.47. The molecule has 0 atom stereocenters. The van der Waals surface area contributed by atoms with E-state index in [0.717, 1.165) is 0 Å². The molecular formula is C11H20O5S. The average molecular weight is 264 g/mol. The minimum Gasteiger partial charge on any atom is -0.481 e. The van der Waals surface area contributed by atoms with Gasteiger partial charge in [0.15, 0.2) is 0 Å². The van der Waals surface area contributed by atoms with Gasteiger partial charge in [-0.1, -0.05) is 13.8 Å². The molecule has 0 aliphatic carbocycles. The second kappa shape index (κ2) is 4.57. The lowest BCUT2D eigenvalue weighted by atomic mass is 9.65. The van der Waals surface area contributed by atoms with E-state index in [9.17, 15) is 23.4 Å². The molecule has 0 bridgehead atoms. The number of hydrogen-bond donors (Lipinski definition) is 2. The van der Waals surface area contributed by atoms with Gasteiger partial charge in [0.05, 0.1) is 22.5 Å². The van der Waals surface area contributed by atoms with Crippen molar-refractivity contribution in [3.63, 3.8) is 0 Å². The smallest absolute Gasteiger partial charge is 0.312 e. The summed E-state index contributed by atoms with van der Waals surface area (Å²) in [6.07, 6.45) is 0.636. The molecule has 17 heavy (non-hydrogen) atoms. The number of aliphatic hydroxyl groups is 1. The molecule has 100 valence electrons. The van der Waals surface area contributed by atoms with Crippen LogP contribution in [0, 0.1) is 5.41 Å². The molecule has 0 aromatic rings. The second-order valence-electron chi connectivity index (χ2n) is 4.78. The van der Waals surface area contributed by atoms with E-state index in [4.69, 9.17) is 0 Å². The number of sulfone groups is 1. The first-order chi connectivity index (χ1) is 7.73. The SMILES string of the molecule is CCC(O)(CC)C1(C(=O)O)CCS(=O)(=O)CC1. The number of rotatable bonds is 4. The third kappa shape index (κ3) is 2.33. The minimum absolute atomic E-state index is 0.00282. The highest BCUT2D eigenvalue weighted by atomic mass is 32.2. The molecular weight excluding hydrogens is 244 g/mol. The Bertz CT molecular complexity index is 380. The summed E-state index contributed by atoms with van der Waals surface area (Å²) in [7, 11) is -3.14. The van der Waals surface area contributed by atoms with E-state index in [1.54, 1.807) is 13.8 Å². The molecule has 1 fully saturated rings. The highest BCUT2D eigenvalue weighted by Gasteiger charge is 2.56. The molecule has 1 heterocycles. The van der Waals surface area contributed by atoms with Crippen molar-refractivity contribution < 1.29 is 23.4 Å². The number of carbonyl (C=O) groups is 1. The highest BCUT2D eigenvalue weighted by Crippen LogP contribution is 2.46. The van der Waals surface area contributed by atoms with Gasteiger partial charge in [0.2, 0.25) is 0 Å². The molecule has 1 aliphatic heterocycles. The lowest BCUT2D eigenvalue weighted by molar-refractivity contribution is -0.173. The van der Waals surface area contributed by atoms with Crippen LogP contribution in [-0.4, -0.2) is 41.7 Å². The maximum Gasteiger partial charge on any atom is 0.312 e. The van der Waals surface area contributed by atoms with E-state index >= 15 is 0 Å². The molecule has 2 N–H and O–H groups in total. The molecule has 0 saturated carbocycles. The van der Waals surface area contributed by atoms with Crippen molar-refractivity contribution in [2.75, 3.05) is 11.5 Å². The van der Waals surface area contributed by atoms with Crippen molar-refractivity contribution in [2.24, 2.45) is 5.41 Å². The summed E-state index contributed by atoms with van der Waals surface area (Å²) in [6, 6.07) is 0. The maximum absolute atomic E-state index is 11.5. The maximum atomic E-state index is 11.5. The molecule has 0 aromatic carbocycles. The summed E-state index contributed by atoms with van der Waals surface area (Å²) in [4.78, 5) is 11.5. The normalized spacial score (nSPS) is 23.2. The third-order valence-electron chi connectivity index (χ3n) is 4.15. The summed E-state index contributed by atoms with van der Waals surface area (Å²) in [5, 5.41) is 19.9. The predicted molar refractivity (Wildman–Crippen MR) is 63.5 cm³/mol. The Morgan fingerprint density at radius 1 is 1.24 bits per heavy atom. The Morgan fingerprint density at radius 3 is 1.94 bits per heavy atom. The van der Waals surface area contributed by atoms with E-state index in [2.05, 4.69) is 0 Å². The van der Waals surface area contributed by atoms with Gasteiger partial charge in [0, 0.05) is 0 Å². The van der Waals surface area contributed by atoms with Crippen LogP contribution < -0.4 is 0 Å². The van der Waals surface area contributed by atoms with Gasteiger partial charge in [-0.25, -0.2) is 8.42 Å². The lowest BCUT2D eigenvalue weighted by Gasteiger charge is -2.45. The first-order valence-electron chi connectivity index (χ1n) is 5.89. The van der Waals surface area contributed by atoms with Crippen LogP contribution in [0.5, 0.6) is 0 Å². The zero-order chi connectivity index (χ0) is 13.3. The van der Waals surface area contributed by atoms with Crippen LogP contribution in [0.2, 0.25) is 0 Å². The first-order valence-corrected chi connectivity index (χ1v) is 7.71.